The first-order valence-corrected chi connectivity index (χ1v) is 12.0. The van der Waals surface area contributed by atoms with E-state index in [1.54, 1.807) is 19.3 Å². The Labute approximate surface area is 242 Å². The van der Waals surface area contributed by atoms with Gasteiger partial charge in [0.25, 0.3) is 0 Å². The Morgan fingerprint density at radius 2 is 1.32 bits per heavy atom. The van der Waals surface area contributed by atoms with Crippen LogP contribution < -0.4 is 0 Å². The molecule has 1 aliphatic rings. The molecule has 1 atom stereocenters. The number of aliphatic hydroxyl groups is 1. The van der Waals surface area contributed by atoms with Gasteiger partial charge in [-0.1, -0.05) is 44.5 Å². The minimum atomic E-state index is -1.98. The van der Waals surface area contributed by atoms with E-state index in [1.165, 1.54) is 0 Å². The molecule has 12 heteroatoms. The van der Waals surface area contributed by atoms with E-state index in [4.69, 9.17) is 37.1 Å². The zero-order valence-corrected chi connectivity index (χ0v) is 24.3. The summed E-state index contributed by atoms with van der Waals surface area (Å²) in [4.78, 5) is 0. The summed E-state index contributed by atoms with van der Waals surface area (Å²) in [6, 6.07) is 0. The van der Waals surface area contributed by atoms with Crippen molar-refractivity contribution in [2.24, 2.45) is 0 Å². The maximum Gasteiger partial charge on any atom is 0 e. The van der Waals surface area contributed by atoms with Crippen LogP contribution in [-0.4, -0.2) is 32.7 Å². The van der Waals surface area contributed by atoms with Crippen LogP contribution in [0.2, 0.25) is 18.1 Å². The Bertz CT molecular complexity index is 807. The summed E-state index contributed by atoms with van der Waals surface area (Å²) in [5, 5.41) is 10.9. The molecule has 0 spiro atoms. The first-order valence-electron chi connectivity index (χ1n) is 9.12. The standard InChI is InChI=1S/C19H28O3Si.6CO.2Co/c1-18(2,3)23(5,6)22-17-13-12-15-19(17,20)14-10-8-7-9-11-16-21-4;6*1-2;;/h7-8,13,20H,12,15-16H2,1-6H3;;;;;;;;/b8-7-;;;;;;;;. The van der Waals surface area contributed by atoms with Crippen molar-refractivity contribution < 1.29 is 75.7 Å². The molecule has 1 rings (SSSR count). The topological polar surface area (TPSA) is 158 Å². The summed E-state index contributed by atoms with van der Waals surface area (Å²) in [6.45, 7) is 38.3. The molecule has 1 unspecified atom stereocenters. The van der Waals surface area contributed by atoms with Crippen LogP contribution in [0.4, 0.5) is 0 Å². The first-order chi connectivity index (χ1) is 16.6. The Balaban J connectivity index is -0.0000000877. The van der Waals surface area contributed by atoms with Crippen molar-refractivity contribution in [3.63, 3.8) is 0 Å². The van der Waals surface area contributed by atoms with Gasteiger partial charge in [-0.2, -0.15) is 0 Å². The number of hydrogen-bond acceptors (Lipinski definition) is 3. The normalized spacial score (nSPS) is 13.5. The first kappa shape index (κ1) is 55.5. The quantitative estimate of drug-likeness (QED) is 0.223. The van der Waals surface area contributed by atoms with E-state index in [2.05, 4.69) is 97.4 Å². The summed E-state index contributed by atoms with van der Waals surface area (Å²) in [7, 11) is -0.377. The van der Waals surface area contributed by atoms with Gasteiger partial charge in [-0.15, -0.1) is 0 Å². The third-order valence-electron chi connectivity index (χ3n) is 4.26. The minimum Gasteiger partial charge on any atom is 0 e. The molecule has 0 aromatic rings. The van der Waals surface area contributed by atoms with Gasteiger partial charge in [0.15, 0.2) is 5.60 Å². The predicted octanol–water partition coefficient (Wildman–Crippen LogP) is 3.40. The molecule has 0 saturated heterocycles. The number of methoxy groups -OCH3 is 1. The van der Waals surface area contributed by atoms with Crippen LogP contribution in [-0.2, 0) is 70.6 Å². The zero-order chi connectivity index (χ0) is 29.6. The molecular weight excluding hydrogens is 590 g/mol. The van der Waals surface area contributed by atoms with E-state index < -0.39 is 13.9 Å². The maximum atomic E-state index is 10.8. The third-order valence-corrected chi connectivity index (χ3v) is 8.60. The molecule has 0 amide bonds. The van der Waals surface area contributed by atoms with E-state index in [1.807, 2.05) is 6.08 Å². The van der Waals surface area contributed by atoms with E-state index in [0.717, 1.165) is 6.42 Å². The molecule has 0 bridgehead atoms. The van der Waals surface area contributed by atoms with Crippen molar-refractivity contribution in [3.05, 3.63) is 63.9 Å². The number of rotatable bonds is 3. The molecule has 1 N–H and O–H groups in total. The molecule has 1 aliphatic carbocycles. The van der Waals surface area contributed by atoms with Gasteiger partial charge >= 0.3 is 67.8 Å². The summed E-state index contributed by atoms with van der Waals surface area (Å²) < 4.78 is 56.1. The van der Waals surface area contributed by atoms with Crippen LogP contribution in [0.3, 0.4) is 0 Å². The third kappa shape index (κ3) is 28.4. The van der Waals surface area contributed by atoms with Crippen molar-refractivity contribution in [3.8, 4) is 23.7 Å². The van der Waals surface area contributed by atoms with Crippen LogP contribution in [0.1, 0.15) is 33.6 Å². The van der Waals surface area contributed by atoms with E-state index in [9.17, 15) is 5.11 Å². The number of allylic oxidation sites excluding steroid dienone is 3. The van der Waals surface area contributed by atoms with E-state index >= 15 is 0 Å². The molecule has 0 heterocycles. The molecule has 0 aromatic carbocycles. The second kappa shape index (κ2) is 38.5. The van der Waals surface area contributed by atoms with Gasteiger partial charge in [-0.3, -0.25) is 0 Å². The average Bonchev–Trinajstić information content (AvgIpc) is 3.24. The van der Waals surface area contributed by atoms with Crippen molar-refractivity contribution in [1.29, 1.82) is 0 Å². The number of hydrogen-bond donors (Lipinski definition) is 1. The molecule has 0 fully saturated rings. The molecule has 37 heavy (non-hydrogen) atoms. The summed E-state index contributed by atoms with van der Waals surface area (Å²) in [5.74, 6) is 12.0. The fraction of sp³-hybridized carbons (Fsp3) is 0.440. The molecule has 9 nitrogen and oxygen atoms in total. The van der Waals surface area contributed by atoms with Crippen molar-refractivity contribution in [1.82, 2.24) is 0 Å². The number of ether oxygens (including phenoxy) is 1. The van der Waals surface area contributed by atoms with Crippen LogP contribution in [0, 0.1) is 63.6 Å². The van der Waals surface area contributed by atoms with Crippen LogP contribution in [0.5, 0.6) is 0 Å². The fourth-order valence-corrected chi connectivity index (χ4v) is 2.91. The Hall–Kier alpha value is -2.01. The van der Waals surface area contributed by atoms with Gasteiger partial charge in [0.2, 0.25) is 8.32 Å². The van der Waals surface area contributed by atoms with Gasteiger partial charge < -0.3 is 14.3 Å². The van der Waals surface area contributed by atoms with Gasteiger partial charge in [0, 0.05) is 40.7 Å². The van der Waals surface area contributed by atoms with Gasteiger partial charge in [0.05, 0.1) is 0 Å². The van der Waals surface area contributed by atoms with Crippen molar-refractivity contribution in [2.45, 2.75) is 57.3 Å². The van der Waals surface area contributed by atoms with E-state index in [0.29, 0.717) is 18.8 Å². The molecule has 0 aromatic heterocycles. The van der Waals surface area contributed by atoms with Crippen LogP contribution >= 0.6 is 0 Å². The molecular formula is C25H28Co2O9Si. The molecule has 204 valence electrons. The predicted molar refractivity (Wildman–Crippen MR) is 121 cm³/mol. The monoisotopic (exact) mass is 618 g/mol. The SMILES string of the molecule is COCC#C/C=C\C#CC1(O)CCC=C1O[Si](C)(C)C(C)(C)C.[C-]#[O+].[C-]#[O+].[C-]#[O+].[C-]#[O+].[C-]#[O+].[C-]#[O+].[Co].[Co]. The Kier molecular flexibility index (Phi) is 57.8. The molecule has 2 radical (unpaired) electrons. The second-order valence-electron chi connectivity index (χ2n) is 7.19. The van der Waals surface area contributed by atoms with Crippen LogP contribution in [0.15, 0.2) is 24.0 Å². The fourth-order valence-electron chi connectivity index (χ4n) is 1.80. The van der Waals surface area contributed by atoms with Crippen molar-refractivity contribution in [2.75, 3.05) is 13.7 Å². The minimum absolute atomic E-state index is 0. The second-order valence-corrected chi connectivity index (χ2v) is 11.9. The molecule has 0 aliphatic heterocycles. The van der Waals surface area contributed by atoms with Gasteiger partial charge in [0.1, 0.15) is 12.4 Å². The van der Waals surface area contributed by atoms with E-state index in [-0.39, 0.29) is 38.6 Å². The van der Waals surface area contributed by atoms with Crippen LogP contribution in [0.25, 0.3) is 0 Å². The largest absolute Gasteiger partial charge is 0 e. The summed E-state index contributed by atoms with van der Waals surface area (Å²) >= 11 is 0. The smallest absolute Gasteiger partial charge is 0 e. The average molecular weight is 618 g/mol. The van der Waals surface area contributed by atoms with Gasteiger partial charge in [-0.05, 0) is 49.2 Å². The maximum absolute atomic E-state index is 10.8. The molecule has 0 saturated carbocycles. The Morgan fingerprint density at radius 3 is 1.70 bits per heavy atom. The summed E-state index contributed by atoms with van der Waals surface area (Å²) in [6.07, 6.45) is 6.63. The van der Waals surface area contributed by atoms with Crippen molar-refractivity contribution >= 4 is 8.32 Å². The summed E-state index contributed by atoms with van der Waals surface area (Å²) in [5.41, 5.74) is -1.18. The Morgan fingerprint density at radius 1 is 0.919 bits per heavy atom. The zero-order valence-electron chi connectivity index (χ0n) is 21.2. The van der Waals surface area contributed by atoms with Gasteiger partial charge in [-0.25, -0.2) is 0 Å².